The Hall–Kier alpha value is -8.28. The van der Waals surface area contributed by atoms with Gasteiger partial charge in [-0.3, -0.25) is 13.7 Å². The Bertz CT molecular complexity index is 4260. The fraction of sp³-hybridized carbons (Fsp3) is 0.0667. The summed E-state index contributed by atoms with van der Waals surface area (Å²) in [4.78, 5) is 4.86. The van der Waals surface area contributed by atoms with Crippen molar-refractivity contribution in [1.82, 2.24) is 14.1 Å². The molecule has 5 nitrogen and oxygen atoms in total. The maximum absolute atomic E-state index is 9.23. The summed E-state index contributed by atoms with van der Waals surface area (Å²) in [6.45, 7) is 6.55. The van der Waals surface area contributed by atoms with Gasteiger partial charge in [-0.05, 0) is 103 Å². The van der Waals surface area contributed by atoms with Crippen LogP contribution >= 0.6 is 0 Å². The summed E-state index contributed by atoms with van der Waals surface area (Å²) in [6.07, 6.45) is 5.47. The molecule has 9 aromatic carbocycles. The third-order valence-corrected chi connectivity index (χ3v) is 12.1. The topological polar surface area (TPSA) is 35.9 Å². The van der Waals surface area contributed by atoms with Crippen LogP contribution in [0, 0.1) is 6.33 Å². The van der Waals surface area contributed by atoms with Gasteiger partial charge in [-0.25, -0.2) is 4.98 Å². The molecule has 0 aliphatic carbocycles. The summed E-state index contributed by atoms with van der Waals surface area (Å²) in [5, 5.41) is 5.54. The molecule has 0 aliphatic rings. The van der Waals surface area contributed by atoms with Gasteiger partial charge in [0, 0.05) is 23.0 Å². The minimum absolute atomic E-state index is 0.1000. The highest BCUT2D eigenvalue weighted by molar-refractivity contribution is 6.23. The van der Waals surface area contributed by atoms with Gasteiger partial charge in [-0.2, -0.15) is 0 Å². The van der Waals surface area contributed by atoms with Gasteiger partial charge in [0.25, 0.3) is 6.33 Å². The summed E-state index contributed by atoms with van der Waals surface area (Å²) in [7, 11) is 0. The number of fused-ring (bicyclic) bond motifs is 9. The molecule has 12 rings (SSSR count). The van der Waals surface area contributed by atoms with E-state index in [4.69, 9.17) is 17.9 Å². The van der Waals surface area contributed by atoms with Gasteiger partial charge in [0.1, 0.15) is 17.3 Å². The van der Waals surface area contributed by atoms with Crippen LogP contribution in [0.3, 0.4) is 0 Å². The van der Waals surface area contributed by atoms with Crippen LogP contribution in [0.15, 0.2) is 212 Å². The second-order valence-corrected chi connectivity index (χ2v) is 17.0. The van der Waals surface area contributed by atoms with E-state index >= 15 is 0 Å². The van der Waals surface area contributed by atoms with E-state index in [1.807, 2.05) is 108 Å². The van der Waals surface area contributed by atoms with Crippen LogP contribution in [0.5, 0.6) is 11.5 Å². The van der Waals surface area contributed by atoms with Crippen LogP contribution in [0.1, 0.15) is 40.0 Å². The number of benzene rings is 9. The van der Waals surface area contributed by atoms with Gasteiger partial charge in [-0.15, -0.1) is 0 Å². The molecular formula is C60H44N4O. The number of pyridine rings is 1. The number of aromatic nitrogens is 4. The summed E-state index contributed by atoms with van der Waals surface area (Å²) in [5.41, 5.74) is 5.08. The molecule has 65 heavy (non-hydrogen) atoms. The van der Waals surface area contributed by atoms with Gasteiger partial charge in [0.2, 0.25) is 0 Å². The molecule has 3 heterocycles. The molecule has 0 saturated carbocycles. The largest absolute Gasteiger partial charge is 0.458 e. The quantitative estimate of drug-likeness (QED) is 0.0910. The highest BCUT2D eigenvalue weighted by Gasteiger charge is 2.24. The van der Waals surface area contributed by atoms with Crippen molar-refractivity contribution in [2.75, 3.05) is 0 Å². The van der Waals surface area contributed by atoms with Crippen molar-refractivity contribution >= 4 is 54.4 Å². The zero-order valence-corrected chi connectivity index (χ0v) is 35.6. The van der Waals surface area contributed by atoms with E-state index in [0.29, 0.717) is 28.2 Å². The van der Waals surface area contributed by atoms with Crippen molar-refractivity contribution in [3.05, 3.63) is 224 Å². The van der Waals surface area contributed by atoms with Crippen LogP contribution in [-0.2, 0) is 5.41 Å². The molecule has 5 heteroatoms. The van der Waals surface area contributed by atoms with Crippen molar-refractivity contribution in [3.8, 4) is 50.9 Å². The molecule has 0 unspecified atom stereocenters. The minimum atomic E-state index is -0.572. The lowest BCUT2D eigenvalue weighted by Gasteiger charge is -2.20. The Morgan fingerprint density at radius 3 is 1.86 bits per heavy atom. The Kier molecular flexibility index (Phi) is 6.82. The van der Waals surface area contributed by atoms with Crippen molar-refractivity contribution in [2.45, 2.75) is 26.2 Å². The Labute approximate surface area is 391 Å². The monoisotopic (exact) mass is 846 g/mol. The highest BCUT2D eigenvalue weighted by Crippen LogP contribution is 2.40. The molecule has 0 atom stereocenters. The van der Waals surface area contributed by atoms with Crippen molar-refractivity contribution in [2.24, 2.45) is 0 Å². The lowest BCUT2D eigenvalue weighted by Crippen LogP contribution is -2.31. The van der Waals surface area contributed by atoms with E-state index in [2.05, 4.69) is 62.0 Å². The number of nitrogens with zero attached hydrogens (tertiary/aromatic N) is 4. The lowest BCUT2D eigenvalue weighted by molar-refractivity contribution is -0.570. The molecular weight excluding hydrogens is 793 g/mol. The van der Waals surface area contributed by atoms with Crippen LogP contribution in [-0.4, -0.2) is 14.1 Å². The van der Waals surface area contributed by atoms with Crippen LogP contribution in [0.2, 0.25) is 0 Å². The van der Waals surface area contributed by atoms with E-state index in [1.54, 1.807) is 22.8 Å². The SMILES string of the molecule is [2H]c1c([2H])c([2H])c(-c2cccc(-c3c([2H])c([2H])c([2H])c([2H])c3[2H])c2-[n+]2[c-]n(-c3cccc(Oc4ccc5c6ccccc6n(-c6cc(C(C)(C)C)ccn6)c5c4)c3)c3c4ccccc4c4ccccc4c32)c([2H])c1[2H]. The molecule has 0 radical (unpaired) electrons. The summed E-state index contributed by atoms with van der Waals surface area (Å²) < 4.78 is 101. The van der Waals surface area contributed by atoms with Gasteiger partial charge < -0.3 is 4.74 Å². The average Bonchev–Trinajstić information content (AvgIpc) is 4.03. The summed E-state index contributed by atoms with van der Waals surface area (Å²) in [6, 6.07) is 41.5. The van der Waals surface area contributed by atoms with Crippen LogP contribution < -0.4 is 9.30 Å². The first-order valence-electron chi connectivity index (χ1n) is 26.4. The van der Waals surface area contributed by atoms with Crippen molar-refractivity contribution in [1.29, 1.82) is 0 Å². The standard InChI is InChI=1S/C60H44N4O/c1-60(2,3)42-34-35-61-56(36-42)64-54-31-15-14-26-50(54)51-33-32-45(38-55(51)64)65-44-23-16-22-43(37-44)62-39-63(59-53-28-13-11-25-49(53)48-24-10-12-27-52(48)58(59)62)57-46(40-18-6-4-7-19-40)29-17-30-47(57)41-20-8-5-9-21-41/h4-38H,1-3H3/i4D,5D,6D,7D,8D,9D,18D,19D,20D,21D. The summed E-state index contributed by atoms with van der Waals surface area (Å²) in [5.74, 6) is 1.88. The lowest BCUT2D eigenvalue weighted by atomic mass is 9.88. The van der Waals surface area contributed by atoms with Gasteiger partial charge >= 0.3 is 0 Å². The fourth-order valence-corrected chi connectivity index (χ4v) is 9.15. The number of hydrogen-bond donors (Lipinski definition) is 0. The first-order chi connectivity index (χ1) is 36.0. The zero-order valence-electron chi connectivity index (χ0n) is 45.6. The maximum Gasteiger partial charge on any atom is 0.269 e. The predicted octanol–water partition coefficient (Wildman–Crippen LogP) is 14.9. The number of hydrogen-bond acceptors (Lipinski definition) is 2. The van der Waals surface area contributed by atoms with E-state index < -0.39 is 60.4 Å². The average molecular weight is 847 g/mol. The second kappa shape index (κ2) is 15.2. The molecule has 3 aromatic heterocycles. The van der Waals surface area contributed by atoms with E-state index in [-0.39, 0.29) is 33.4 Å². The number of rotatable bonds is 7. The van der Waals surface area contributed by atoms with Crippen LogP contribution in [0.25, 0.3) is 93.8 Å². The number of para-hydroxylation sites is 2. The first kappa shape index (κ1) is 29.2. The molecule has 0 amide bonds. The van der Waals surface area contributed by atoms with Crippen molar-refractivity contribution < 1.29 is 23.0 Å². The molecule has 0 bridgehead atoms. The first-order valence-corrected chi connectivity index (χ1v) is 21.4. The third-order valence-electron chi connectivity index (χ3n) is 12.1. The fourth-order valence-electron chi connectivity index (χ4n) is 9.15. The van der Waals surface area contributed by atoms with Gasteiger partial charge in [0.15, 0.2) is 0 Å². The number of ether oxygens (including phenoxy) is 1. The molecule has 0 fully saturated rings. The minimum Gasteiger partial charge on any atom is -0.458 e. The third kappa shape index (κ3) is 6.46. The van der Waals surface area contributed by atoms with Crippen LogP contribution in [0.4, 0.5) is 0 Å². The van der Waals surface area contributed by atoms with E-state index in [0.717, 1.165) is 54.7 Å². The molecule has 12 aromatic rings. The van der Waals surface area contributed by atoms with Gasteiger partial charge in [-0.1, -0.05) is 172 Å². The van der Waals surface area contributed by atoms with E-state index in [1.165, 1.54) is 0 Å². The Morgan fingerprint density at radius 2 is 1.15 bits per heavy atom. The number of imidazole rings is 1. The van der Waals surface area contributed by atoms with Gasteiger partial charge in [0.05, 0.1) is 47.1 Å². The normalized spacial score (nSPS) is 14.1. The summed E-state index contributed by atoms with van der Waals surface area (Å²) >= 11 is 0. The van der Waals surface area contributed by atoms with E-state index in [9.17, 15) is 5.48 Å². The Balaban J connectivity index is 1.12. The molecule has 0 aliphatic heterocycles. The molecule has 0 N–H and O–H groups in total. The molecule has 0 saturated heterocycles. The maximum atomic E-state index is 9.23. The molecule has 310 valence electrons. The van der Waals surface area contributed by atoms with Crippen molar-refractivity contribution in [3.63, 3.8) is 0 Å². The second-order valence-electron chi connectivity index (χ2n) is 17.0. The Morgan fingerprint density at radius 1 is 0.554 bits per heavy atom. The predicted molar refractivity (Wildman–Crippen MR) is 267 cm³/mol. The highest BCUT2D eigenvalue weighted by atomic mass is 16.5. The zero-order chi connectivity index (χ0) is 52.4. The molecule has 0 spiro atoms. The smallest absolute Gasteiger partial charge is 0.269 e.